The van der Waals surface area contributed by atoms with Crippen molar-refractivity contribution in [1.29, 1.82) is 0 Å². The van der Waals surface area contributed by atoms with Crippen LogP contribution in [-0.2, 0) is 0 Å². The fraction of sp³-hybridized carbons (Fsp3) is 0.462. The number of carbonyl (C=O) groups is 1. The predicted octanol–water partition coefficient (Wildman–Crippen LogP) is 3.10. The Labute approximate surface area is 106 Å². The molecule has 18 heavy (non-hydrogen) atoms. The van der Waals surface area contributed by atoms with Gasteiger partial charge in [-0.25, -0.2) is 0 Å². The molecule has 96 valence electrons. The Bertz CT molecular complexity index is 427. The molecule has 5 heteroatoms. The number of nitrogens with zero attached hydrogens (tertiary/aromatic N) is 3. The second kappa shape index (κ2) is 7.48. The summed E-state index contributed by atoms with van der Waals surface area (Å²) < 4.78 is 0. The minimum Gasteiger partial charge on any atom is -0.392 e. The van der Waals surface area contributed by atoms with Crippen LogP contribution in [0.3, 0.4) is 0 Å². The van der Waals surface area contributed by atoms with Crippen LogP contribution in [0.5, 0.6) is 0 Å². The van der Waals surface area contributed by atoms with Crippen LogP contribution in [0.25, 0.3) is 10.4 Å². The third kappa shape index (κ3) is 3.87. The normalized spacial score (nSPS) is 13.4. The lowest BCUT2D eigenvalue weighted by molar-refractivity contribution is 0.0797. The second-order valence-electron chi connectivity index (χ2n) is 4.09. The highest BCUT2D eigenvalue weighted by Gasteiger charge is 2.26. The first kappa shape index (κ1) is 14.2. The molecule has 1 aromatic carbocycles. The van der Waals surface area contributed by atoms with E-state index in [0.29, 0.717) is 12.0 Å². The van der Waals surface area contributed by atoms with E-state index in [1.165, 1.54) is 0 Å². The van der Waals surface area contributed by atoms with Gasteiger partial charge in [-0.05, 0) is 12.0 Å². The van der Waals surface area contributed by atoms with Gasteiger partial charge in [-0.1, -0.05) is 55.2 Å². The van der Waals surface area contributed by atoms with Crippen molar-refractivity contribution < 1.29 is 9.90 Å². The van der Waals surface area contributed by atoms with E-state index in [-0.39, 0.29) is 5.78 Å². The summed E-state index contributed by atoms with van der Waals surface area (Å²) in [6.45, 7) is 1.99. The number of unbranched alkanes of at least 4 members (excludes halogenated alkanes) is 1. The van der Waals surface area contributed by atoms with E-state index in [1.54, 1.807) is 30.3 Å². The molecule has 0 aromatic heterocycles. The number of Topliss-reactive ketones (excluding diaryl/α,β-unsaturated/α-hetero) is 1. The smallest absolute Gasteiger partial charge is 0.174 e. The number of hydrogen-bond acceptors (Lipinski definition) is 3. The molecule has 2 atom stereocenters. The van der Waals surface area contributed by atoms with Gasteiger partial charge >= 0.3 is 0 Å². The lowest BCUT2D eigenvalue weighted by atomic mass is 9.97. The molecule has 0 fully saturated rings. The van der Waals surface area contributed by atoms with Crippen molar-refractivity contribution in [2.24, 2.45) is 5.11 Å². The van der Waals surface area contributed by atoms with E-state index in [0.717, 1.165) is 12.8 Å². The summed E-state index contributed by atoms with van der Waals surface area (Å²) in [7, 11) is 0. The molecular weight excluding hydrogens is 230 g/mol. The van der Waals surface area contributed by atoms with E-state index in [9.17, 15) is 9.90 Å². The first-order chi connectivity index (χ1) is 8.70. The van der Waals surface area contributed by atoms with Crippen molar-refractivity contribution in [3.63, 3.8) is 0 Å². The van der Waals surface area contributed by atoms with Crippen LogP contribution in [0.4, 0.5) is 0 Å². The third-order valence-corrected chi connectivity index (χ3v) is 2.72. The fourth-order valence-corrected chi connectivity index (χ4v) is 1.70. The minimum absolute atomic E-state index is 0.336. The molecule has 0 saturated heterocycles. The van der Waals surface area contributed by atoms with Crippen LogP contribution in [0.1, 0.15) is 36.5 Å². The van der Waals surface area contributed by atoms with Crippen molar-refractivity contribution in [3.05, 3.63) is 46.3 Å². The van der Waals surface area contributed by atoms with Crippen molar-refractivity contribution in [2.45, 2.75) is 38.3 Å². The van der Waals surface area contributed by atoms with Gasteiger partial charge in [0, 0.05) is 10.5 Å². The summed E-state index contributed by atoms with van der Waals surface area (Å²) in [5, 5.41) is 13.4. The topological polar surface area (TPSA) is 86.1 Å². The van der Waals surface area contributed by atoms with Crippen LogP contribution >= 0.6 is 0 Å². The number of hydrogen-bond donors (Lipinski definition) is 1. The Balaban J connectivity index is 2.85. The number of ketones is 1. The molecule has 1 aromatic rings. The Morgan fingerprint density at radius 2 is 2.11 bits per heavy atom. The Kier molecular flexibility index (Phi) is 5.91. The molecule has 0 bridgehead atoms. The highest BCUT2D eigenvalue weighted by Crippen LogP contribution is 2.14. The number of aliphatic hydroxyl groups excluding tert-OH is 1. The zero-order chi connectivity index (χ0) is 13.4. The Morgan fingerprint density at radius 3 is 2.67 bits per heavy atom. The summed E-state index contributed by atoms with van der Waals surface area (Å²) in [6.07, 6.45) is 1.24. The molecule has 2 unspecified atom stereocenters. The number of benzene rings is 1. The van der Waals surface area contributed by atoms with E-state index in [1.807, 2.05) is 6.92 Å². The van der Waals surface area contributed by atoms with Crippen LogP contribution < -0.4 is 0 Å². The zero-order valence-electron chi connectivity index (χ0n) is 10.4. The first-order valence-corrected chi connectivity index (χ1v) is 6.02. The van der Waals surface area contributed by atoms with Gasteiger partial charge in [0.2, 0.25) is 0 Å². The number of aliphatic hydroxyl groups is 1. The maximum absolute atomic E-state index is 12.1. The van der Waals surface area contributed by atoms with Crippen molar-refractivity contribution >= 4 is 5.78 Å². The Hall–Kier alpha value is -1.84. The standard InChI is InChI=1S/C13H17N3O2/c1-2-3-9-11(17)12(15-16-14)13(18)10-7-5-4-6-8-10/h4-8,11-12,17H,2-3,9H2,1H3. The molecule has 0 aliphatic heterocycles. The number of carbonyl (C=O) groups excluding carboxylic acids is 1. The van der Waals surface area contributed by atoms with Crippen LogP contribution in [0.15, 0.2) is 35.4 Å². The van der Waals surface area contributed by atoms with E-state index < -0.39 is 12.1 Å². The maximum atomic E-state index is 12.1. The van der Waals surface area contributed by atoms with Gasteiger partial charge in [-0.3, -0.25) is 4.79 Å². The summed E-state index contributed by atoms with van der Waals surface area (Å²) in [6, 6.07) is 7.53. The lowest BCUT2D eigenvalue weighted by Gasteiger charge is -2.17. The summed E-state index contributed by atoms with van der Waals surface area (Å²) >= 11 is 0. The summed E-state index contributed by atoms with van der Waals surface area (Å²) in [4.78, 5) is 14.8. The highest BCUT2D eigenvalue weighted by molar-refractivity contribution is 6.00. The molecule has 1 rings (SSSR count). The van der Waals surface area contributed by atoms with E-state index >= 15 is 0 Å². The SMILES string of the molecule is CCCCC(O)C(N=[N+]=[N-])C(=O)c1ccccc1. The Morgan fingerprint density at radius 1 is 1.44 bits per heavy atom. The molecule has 5 nitrogen and oxygen atoms in total. The first-order valence-electron chi connectivity index (χ1n) is 6.02. The van der Waals surface area contributed by atoms with Crippen LogP contribution in [0, 0.1) is 0 Å². The second-order valence-corrected chi connectivity index (χ2v) is 4.09. The van der Waals surface area contributed by atoms with Gasteiger partial charge in [0.15, 0.2) is 5.78 Å². The van der Waals surface area contributed by atoms with Gasteiger partial charge < -0.3 is 5.11 Å². The van der Waals surface area contributed by atoms with Gasteiger partial charge in [-0.15, -0.1) is 0 Å². The average Bonchev–Trinajstić information content (AvgIpc) is 2.42. The summed E-state index contributed by atoms with van der Waals surface area (Å²) in [5.74, 6) is -0.336. The molecule has 0 amide bonds. The molecule has 0 heterocycles. The molecule has 0 aliphatic carbocycles. The number of rotatable bonds is 7. The molecule has 0 saturated carbocycles. The predicted molar refractivity (Wildman–Crippen MR) is 69.2 cm³/mol. The monoisotopic (exact) mass is 247 g/mol. The third-order valence-electron chi connectivity index (χ3n) is 2.72. The quantitative estimate of drug-likeness (QED) is 0.347. The summed E-state index contributed by atoms with van der Waals surface area (Å²) in [5.41, 5.74) is 8.95. The average molecular weight is 247 g/mol. The van der Waals surface area contributed by atoms with Crippen molar-refractivity contribution in [1.82, 2.24) is 0 Å². The largest absolute Gasteiger partial charge is 0.392 e. The maximum Gasteiger partial charge on any atom is 0.174 e. The van der Waals surface area contributed by atoms with Gasteiger partial charge in [0.05, 0.1) is 6.10 Å². The molecular formula is C13H17N3O2. The van der Waals surface area contributed by atoms with Gasteiger partial charge in [0.1, 0.15) is 6.04 Å². The zero-order valence-corrected chi connectivity index (χ0v) is 10.4. The number of azide groups is 1. The molecule has 0 spiro atoms. The minimum atomic E-state index is -1.04. The van der Waals surface area contributed by atoms with Gasteiger partial charge in [0.25, 0.3) is 0 Å². The van der Waals surface area contributed by atoms with Crippen molar-refractivity contribution in [3.8, 4) is 0 Å². The van der Waals surface area contributed by atoms with Crippen LogP contribution in [-0.4, -0.2) is 23.0 Å². The van der Waals surface area contributed by atoms with E-state index in [2.05, 4.69) is 10.0 Å². The van der Waals surface area contributed by atoms with Crippen molar-refractivity contribution in [2.75, 3.05) is 0 Å². The van der Waals surface area contributed by atoms with Crippen LogP contribution in [0.2, 0.25) is 0 Å². The molecule has 0 aliphatic rings. The van der Waals surface area contributed by atoms with E-state index in [4.69, 9.17) is 5.53 Å². The fourth-order valence-electron chi connectivity index (χ4n) is 1.70. The molecule has 1 N–H and O–H groups in total. The van der Waals surface area contributed by atoms with Gasteiger partial charge in [-0.2, -0.15) is 0 Å². The highest BCUT2D eigenvalue weighted by atomic mass is 16.3. The molecule has 0 radical (unpaired) electrons. The lowest BCUT2D eigenvalue weighted by Crippen LogP contribution is -2.32.